The second-order valence-electron chi connectivity index (χ2n) is 3.17. The lowest BCUT2D eigenvalue weighted by atomic mass is 10.2. The summed E-state index contributed by atoms with van der Waals surface area (Å²) in [6, 6.07) is 5.14. The lowest BCUT2D eigenvalue weighted by Gasteiger charge is -2.06. The highest BCUT2D eigenvalue weighted by Crippen LogP contribution is 2.28. The summed E-state index contributed by atoms with van der Waals surface area (Å²) in [4.78, 5) is 22.4. The second kappa shape index (κ2) is 6.99. The summed E-state index contributed by atoms with van der Waals surface area (Å²) in [5, 5.41) is 17.2. The molecule has 0 spiro atoms. The van der Waals surface area contributed by atoms with Crippen molar-refractivity contribution >= 4 is 35.5 Å². The van der Waals surface area contributed by atoms with Crippen LogP contribution in [0.5, 0.6) is 0 Å². The van der Waals surface area contributed by atoms with Gasteiger partial charge in [0.1, 0.15) is 0 Å². The van der Waals surface area contributed by atoms with Gasteiger partial charge in [-0.1, -0.05) is 5.92 Å². The van der Waals surface area contributed by atoms with E-state index in [1.807, 2.05) is 0 Å². The van der Waals surface area contributed by atoms with Crippen LogP contribution in [0.2, 0.25) is 0 Å². The van der Waals surface area contributed by atoms with Crippen molar-refractivity contribution in [3.8, 4) is 12.3 Å². The number of terminal acetylenes is 1. The molecule has 2 N–H and O–H groups in total. The summed E-state index contributed by atoms with van der Waals surface area (Å²) < 4.78 is 0. The molecule has 94 valence electrons. The van der Waals surface area contributed by atoms with Crippen LogP contribution >= 0.6 is 23.5 Å². The van der Waals surface area contributed by atoms with E-state index in [0.717, 1.165) is 16.7 Å². The number of hydrogen-bond acceptors (Lipinski definition) is 4. The first-order valence-electron chi connectivity index (χ1n) is 4.82. The van der Waals surface area contributed by atoms with E-state index in [1.54, 1.807) is 18.2 Å². The predicted octanol–water partition coefficient (Wildman–Crippen LogP) is 2.02. The average Bonchev–Trinajstić information content (AvgIpc) is 2.33. The van der Waals surface area contributed by atoms with Gasteiger partial charge in [0.25, 0.3) is 0 Å². The summed E-state index contributed by atoms with van der Waals surface area (Å²) in [6.45, 7) is 0. The largest absolute Gasteiger partial charge is 0.481 e. The maximum Gasteiger partial charge on any atom is 0.313 e. The number of benzene rings is 1. The zero-order chi connectivity index (χ0) is 13.5. The fraction of sp³-hybridized carbons (Fsp3) is 0.167. The van der Waals surface area contributed by atoms with E-state index in [2.05, 4.69) is 5.92 Å². The number of carboxylic acid groups (broad SMARTS) is 2. The molecule has 6 heteroatoms. The first-order chi connectivity index (χ1) is 8.52. The number of carbonyl (C=O) groups is 2. The van der Waals surface area contributed by atoms with Crippen molar-refractivity contribution in [3.63, 3.8) is 0 Å². The van der Waals surface area contributed by atoms with Crippen LogP contribution in [0, 0.1) is 12.3 Å². The molecule has 4 nitrogen and oxygen atoms in total. The Morgan fingerprint density at radius 3 is 2.33 bits per heavy atom. The predicted molar refractivity (Wildman–Crippen MR) is 71.1 cm³/mol. The molecule has 0 aliphatic carbocycles. The fourth-order valence-corrected chi connectivity index (χ4v) is 2.62. The zero-order valence-electron chi connectivity index (χ0n) is 9.25. The average molecular weight is 282 g/mol. The topological polar surface area (TPSA) is 74.6 Å². The van der Waals surface area contributed by atoms with Gasteiger partial charge in [-0.2, -0.15) is 0 Å². The monoisotopic (exact) mass is 282 g/mol. The maximum atomic E-state index is 10.5. The molecule has 0 aliphatic heterocycles. The normalized spacial score (nSPS) is 9.72. The number of thioether (sulfide) groups is 2. The number of rotatable bonds is 6. The van der Waals surface area contributed by atoms with Crippen LogP contribution in [0.1, 0.15) is 5.56 Å². The van der Waals surface area contributed by atoms with Crippen LogP contribution in [0.15, 0.2) is 28.0 Å². The van der Waals surface area contributed by atoms with E-state index in [0.29, 0.717) is 10.5 Å². The fourth-order valence-electron chi connectivity index (χ4n) is 1.12. The van der Waals surface area contributed by atoms with Gasteiger partial charge in [-0.25, -0.2) is 0 Å². The molecule has 0 fully saturated rings. The minimum absolute atomic E-state index is 0.0432. The first-order valence-corrected chi connectivity index (χ1v) is 6.80. The molecular weight excluding hydrogens is 272 g/mol. The van der Waals surface area contributed by atoms with E-state index < -0.39 is 11.9 Å². The van der Waals surface area contributed by atoms with Gasteiger partial charge in [-0.15, -0.1) is 29.9 Å². The Hall–Kier alpha value is -1.58. The number of hydrogen-bond donors (Lipinski definition) is 2. The van der Waals surface area contributed by atoms with Gasteiger partial charge >= 0.3 is 11.9 Å². The molecular formula is C12H10O4S2. The minimum Gasteiger partial charge on any atom is -0.481 e. The third kappa shape index (κ3) is 4.73. The van der Waals surface area contributed by atoms with Crippen molar-refractivity contribution < 1.29 is 19.8 Å². The molecule has 0 unspecified atom stereocenters. The standard InChI is InChI=1S/C12H10O4S2/c1-2-8-3-4-9(17-6-11(13)14)5-10(8)18-7-12(15)16/h1,3-5H,6-7H2,(H,13,14)(H,15,16). The molecule has 1 aromatic rings. The molecule has 0 amide bonds. The van der Waals surface area contributed by atoms with E-state index in [4.69, 9.17) is 16.6 Å². The van der Waals surface area contributed by atoms with E-state index in [-0.39, 0.29) is 11.5 Å². The molecule has 0 atom stereocenters. The van der Waals surface area contributed by atoms with Gasteiger partial charge in [0.05, 0.1) is 11.5 Å². The van der Waals surface area contributed by atoms with Gasteiger partial charge in [0, 0.05) is 15.4 Å². The molecule has 0 bridgehead atoms. The van der Waals surface area contributed by atoms with Gasteiger partial charge in [0.15, 0.2) is 0 Å². The van der Waals surface area contributed by atoms with E-state index in [1.165, 1.54) is 11.8 Å². The molecule has 0 radical (unpaired) electrons. The first kappa shape index (κ1) is 14.5. The summed E-state index contributed by atoms with van der Waals surface area (Å²) in [5.74, 6) is 0.521. The molecule has 0 saturated carbocycles. The van der Waals surface area contributed by atoms with Crippen LogP contribution in [0.3, 0.4) is 0 Å². The summed E-state index contributed by atoms with van der Waals surface area (Å²) in [5.41, 5.74) is 0.612. The minimum atomic E-state index is -0.924. The molecule has 0 aliphatic rings. The third-order valence-electron chi connectivity index (χ3n) is 1.82. The Morgan fingerprint density at radius 1 is 1.17 bits per heavy atom. The van der Waals surface area contributed by atoms with Crippen LogP contribution in [-0.2, 0) is 9.59 Å². The van der Waals surface area contributed by atoms with Crippen LogP contribution < -0.4 is 0 Å². The van der Waals surface area contributed by atoms with Crippen LogP contribution in [-0.4, -0.2) is 33.7 Å². The Morgan fingerprint density at radius 2 is 1.78 bits per heavy atom. The van der Waals surface area contributed by atoms with Crippen molar-refractivity contribution in [2.24, 2.45) is 0 Å². The SMILES string of the molecule is C#Cc1ccc(SCC(=O)O)cc1SCC(=O)O. The Labute approximate surface area is 113 Å². The highest BCUT2D eigenvalue weighted by Gasteiger charge is 2.07. The number of aliphatic carboxylic acids is 2. The summed E-state index contributed by atoms with van der Waals surface area (Å²) in [7, 11) is 0. The van der Waals surface area contributed by atoms with Gasteiger partial charge in [0.2, 0.25) is 0 Å². The van der Waals surface area contributed by atoms with Gasteiger partial charge < -0.3 is 10.2 Å². The summed E-state index contributed by atoms with van der Waals surface area (Å²) in [6.07, 6.45) is 5.32. The highest BCUT2D eigenvalue weighted by molar-refractivity contribution is 8.00. The number of carboxylic acids is 2. The van der Waals surface area contributed by atoms with Crippen LogP contribution in [0.4, 0.5) is 0 Å². The highest BCUT2D eigenvalue weighted by atomic mass is 32.2. The Bertz CT molecular complexity index is 505. The quantitative estimate of drug-likeness (QED) is 0.614. The zero-order valence-corrected chi connectivity index (χ0v) is 10.9. The van der Waals surface area contributed by atoms with Gasteiger partial charge in [-0.3, -0.25) is 9.59 Å². The second-order valence-corrected chi connectivity index (χ2v) is 5.23. The maximum absolute atomic E-state index is 10.5. The van der Waals surface area contributed by atoms with E-state index in [9.17, 15) is 9.59 Å². The summed E-state index contributed by atoms with van der Waals surface area (Å²) >= 11 is 2.29. The molecule has 0 heterocycles. The van der Waals surface area contributed by atoms with Crippen molar-refractivity contribution in [1.29, 1.82) is 0 Å². The van der Waals surface area contributed by atoms with Crippen LogP contribution in [0.25, 0.3) is 0 Å². The Balaban J connectivity index is 2.84. The van der Waals surface area contributed by atoms with E-state index >= 15 is 0 Å². The molecule has 0 aromatic heterocycles. The lowest BCUT2D eigenvalue weighted by Crippen LogP contribution is -1.99. The molecule has 0 saturated heterocycles. The van der Waals surface area contributed by atoms with Crippen molar-refractivity contribution in [2.45, 2.75) is 9.79 Å². The van der Waals surface area contributed by atoms with Crippen molar-refractivity contribution in [2.75, 3.05) is 11.5 Å². The molecule has 18 heavy (non-hydrogen) atoms. The molecule has 1 aromatic carbocycles. The van der Waals surface area contributed by atoms with Crippen molar-refractivity contribution in [1.82, 2.24) is 0 Å². The third-order valence-corrected chi connectivity index (χ3v) is 3.84. The van der Waals surface area contributed by atoms with Crippen molar-refractivity contribution in [3.05, 3.63) is 23.8 Å². The lowest BCUT2D eigenvalue weighted by molar-refractivity contribution is -0.134. The Kier molecular flexibility index (Phi) is 5.62. The van der Waals surface area contributed by atoms with Gasteiger partial charge in [-0.05, 0) is 18.2 Å². The molecule has 1 rings (SSSR count). The smallest absolute Gasteiger partial charge is 0.313 e.